The molecule has 92 valence electrons. The first-order chi connectivity index (χ1) is 8.66. The summed E-state index contributed by atoms with van der Waals surface area (Å²) in [4.78, 5) is 16.0. The summed E-state index contributed by atoms with van der Waals surface area (Å²) in [5, 5.41) is 3.49. The van der Waals surface area contributed by atoms with E-state index in [4.69, 9.17) is 11.6 Å². The number of hydrogen-bond acceptors (Lipinski definition) is 2. The first-order valence-electron chi connectivity index (χ1n) is 5.63. The predicted molar refractivity (Wildman–Crippen MR) is 72.7 cm³/mol. The SMILES string of the molecule is CC(C(=O)Nc1cccnc1)c1ccc(Cl)cc1. The summed E-state index contributed by atoms with van der Waals surface area (Å²) >= 11 is 5.82. The lowest BCUT2D eigenvalue weighted by molar-refractivity contribution is -0.117. The molecule has 0 bridgehead atoms. The summed E-state index contributed by atoms with van der Waals surface area (Å²) in [5.74, 6) is -0.298. The van der Waals surface area contributed by atoms with Gasteiger partial charge >= 0.3 is 0 Å². The van der Waals surface area contributed by atoms with Crippen molar-refractivity contribution in [1.29, 1.82) is 0 Å². The summed E-state index contributed by atoms with van der Waals surface area (Å²) in [6, 6.07) is 10.9. The topological polar surface area (TPSA) is 42.0 Å². The third-order valence-corrected chi connectivity index (χ3v) is 2.94. The largest absolute Gasteiger partial charge is 0.324 e. The molecule has 1 amide bonds. The Balaban J connectivity index is 2.07. The van der Waals surface area contributed by atoms with Crippen LogP contribution in [0.15, 0.2) is 48.8 Å². The van der Waals surface area contributed by atoms with E-state index in [2.05, 4.69) is 10.3 Å². The van der Waals surface area contributed by atoms with E-state index in [1.807, 2.05) is 19.1 Å². The molecule has 3 nitrogen and oxygen atoms in total. The van der Waals surface area contributed by atoms with Crippen molar-refractivity contribution in [2.24, 2.45) is 0 Å². The van der Waals surface area contributed by atoms with Crippen molar-refractivity contribution in [1.82, 2.24) is 4.98 Å². The van der Waals surface area contributed by atoms with Crippen molar-refractivity contribution in [3.8, 4) is 0 Å². The Morgan fingerprint density at radius 2 is 2.00 bits per heavy atom. The molecule has 1 atom stereocenters. The average molecular weight is 261 g/mol. The summed E-state index contributed by atoms with van der Waals surface area (Å²) in [5.41, 5.74) is 1.63. The molecular formula is C14H13ClN2O. The zero-order valence-electron chi connectivity index (χ0n) is 9.93. The highest BCUT2D eigenvalue weighted by Crippen LogP contribution is 2.19. The van der Waals surface area contributed by atoms with E-state index in [1.54, 1.807) is 36.7 Å². The predicted octanol–water partition coefficient (Wildman–Crippen LogP) is 3.48. The molecule has 0 spiro atoms. The number of nitrogens with one attached hydrogen (secondary N) is 1. The number of carbonyl (C=O) groups excluding carboxylic acids is 1. The Kier molecular flexibility index (Phi) is 3.95. The Hall–Kier alpha value is -1.87. The highest BCUT2D eigenvalue weighted by molar-refractivity contribution is 6.30. The van der Waals surface area contributed by atoms with Gasteiger partial charge in [0.1, 0.15) is 0 Å². The van der Waals surface area contributed by atoms with Gasteiger partial charge in [-0.3, -0.25) is 9.78 Å². The van der Waals surface area contributed by atoms with Gasteiger partial charge in [0, 0.05) is 11.2 Å². The lowest BCUT2D eigenvalue weighted by atomic mass is 10.0. The monoisotopic (exact) mass is 260 g/mol. The Bertz CT molecular complexity index is 525. The van der Waals surface area contributed by atoms with Gasteiger partial charge in [-0.25, -0.2) is 0 Å². The van der Waals surface area contributed by atoms with Gasteiger partial charge in [0.2, 0.25) is 5.91 Å². The van der Waals surface area contributed by atoms with Gasteiger partial charge in [0.05, 0.1) is 17.8 Å². The van der Waals surface area contributed by atoms with Crippen LogP contribution in [0.3, 0.4) is 0 Å². The lowest BCUT2D eigenvalue weighted by Gasteiger charge is -2.12. The molecule has 1 heterocycles. The number of anilines is 1. The molecule has 1 aromatic carbocycles. The quantitative estimate of drug-likeness (QED) is 0.918. The number of nitrogens with zero attached hydrogens (tertiary/aromatic N) is 1. The van der Waals surface area contributed by atoms with E-state index in [1.165, 1.54) is 0 Å². The lowest BCUT2D eigenvalue weighted by Crippen LogP contribution is -2.18. The van der Waals surface area contributed by atoms with Gasteiger partial charge in [-0.05, 0) is 36.8 Å². The molecule has 0 aliphatic rings. The second-order valence-corrected chi connectivity index (χ2v) is 4.44. The number of pyridine rings is 1. The van der Waals surface area contributed by atoms with Crippen molar-refractivity contribution in [2.45, 2.75) is 12.8 Å². The van der Waals surface area contributed by atoms with Crippen LogP contribution < -0.4 is 5.32 Å². The zero-order chi connectivity index (χ0) is 13.0. The highest BCUT2D eigenvalue weighted by Gasteiger charge is 2.15. The van der Waals surface area contributed by atoms with Crippen LogP contribution >= 0.6 is 11.6 Å². The van der Waals surface area contributed by atoms with E-state index >= 15 is 0 Å². The van der Waals surface area contributed by atoms with Gasteiger partial charge in [0.25, 0.3) is 0 Å². The Morgan fingerprint density at radius 3 is 2.61 bits per heavy atom. The van der Waals surface area contributed by atoms with Crippen LogP contribution in [0.25, 0.3) is 0 Å². The van der Waals surface area contributed by atoms with E-state index in [-0.39, 0.29) is 11.8 Å². The number of carbonyl (C=O) groups is 1. The fourth-order valence-corrected chi connectivity index (χ4v) is 1.72. The van der Waals surface area contributed by atoms with Crippen LogP contribution in [0.4, 0.5) is 5.69 Å². The fourth-order valence-electron chi connectivity index (χ4n) is 1.59. The van der Waals surface area contributed by atoms with E-state index < -0.39 is 0 Å². The van der Waals surface area contributed by atoms with E-state index in [9.17, 15) is 4.79 Å². The zero-order valence-corrected chi connectivity index (χ0v) is 10.7. The van der Waals surface area contributed by atoms with Crippen molar-refractivity contribution in [3.05, 3.63) is 59.4 Å². The second-order valence-electron chi connectivity index (χ2n) is 4.00. The fraction of sp³-hybridized carbons (Fsp3) is 0.143. The first kappa shape index (κ1) is 12.6. The number of amides is 1. The van der Waals surface area contributed by atoms with Crippen LogP contribution in [0.5, 0.6) is 0 Å². The number of benzene rings is 1. The maximum Gasteiger partial charge on any atom is 0.231 e. The average Bonchev–Trinajstić information content (AvgIpc) is 2.40. The molecule has 1 N–H and O–H groups in total. The highest BCUT2D eigenvalue weighted by atomic mass is 35.5. The van der Waals surface area contributed by atoms with Crippen molar-refractivity contribution in [3.63, 3.8) is 0 Å². The molecule has 1 unspecified atom stereocenters. The molecule has 18 heavy (non-hydrogen) atoms. The molecule has 0 aliphatic carbocycles. The Labute approximate surface area is 111 Å². The maximum absolute atomic E-state index is 12.0. The minimum absolute atomic E-state index is 0.0645. The molecule has 0 radical (unpaired) electrons. The Morgan fingerprint density at radius 1 is 1.28 bits per heavy atom. The summed E-state index contributed by atoms with van der Waals surface area (Å²) in [7, 11) is 0. The van der Waals surface area contributed by atoms with Gasteiger partial charge in [0.15, 0.2) is 0 Å². The van der Waals surface area contributed by atoms with Crippen LogP contribution in [0.2, 0.25) is 5.02 Å². The molecule has 0 saturated heterocycles. The molecule has 1 aromatic heterocycles. The van der Waals surface area contributed by atoms with Crippen LogP contribution in [-0.2, 0) is 4.79 Å². The van der Waals surface area contributed by atoms with Crippen molar-refractivity contribution < 1.29 is 4.79 Å². The van der Waals surface area contributed by atoms with Gasteiger partial charge in [-0.1, -0.05) is 23.7 Å². The molecule has 2 aromatic rings. The third-order valence-electron chi connectivity index (χ3n) is 2.69. The minimum Gasteiger partial charge on any atom is -0.324 e. The van der Waals surface area contributed by atoms with Gasteiger partial charge in [-0.15, -0.1) is 0 Å². The summed E-state index contributed by atoms with van der Waals surface area (Å²) < 4.78 is 0. The molecule has 0 saturated carbocycles. The molecule has 2 rings (SSSR count). The second kappa shape index (κ2) is 5.65. The van der Waals surface area contributed by atoms with Crippen molar-refractivity contribution >= 4 is 23.2 Å². The summed E-state index contributed by atoms with van der Waals surface area (Å²) in [6.07, 6.45) is 3.28. The van der Waals surface area contributed by atoms with E-state index in [0.29, 0.717) is 10.7 Å². The van der Waals surface area contributed by atoms with Crippen molar-refractivity contribution in [2.75, 3.05) is 5.32 Å². The molecular weight excluding hydrogens is 248 g/mol. The first-order valence-corrected chi connectivity index (χ1v) is 6.01. The standard InChI is InChI=1S/C14H13ClN2O/c1-10(11-4-6-12(15)7-5-11)14(18)17-13-3-2-8-16-9-13/h2-10H,1H3,(H,17,18). The number of rotatable bonds is 3. The number of halogens is 1. The van der Waals surface area contributed by atoms with Gasteiger partial charge in [-0.2, -0.15) is 0 Å². The third kappa shape index (κ3) is 3.08. The normalized spacial score (nSPS) is 11.9. The molecule has 0 fully saturated rings. The number of aromatic nitrogens is 1. The molecule has 4 heteroatoms. The maximum atomic E-state index is 12.0. The minimum atomic E-state index is -0.234. The number of hydrogen-bond donors (Lipinski definition) is 1. The molecule has 0 aliphatic heterocycles. The smallest absolute Gasteiger partial charge is 0.231 e. The van der Waals surface area contributed by atoms with Crippen LogP contribution in [-0.4, -0.2) is 10.9 Å². The van der Waals surface area contributed by atoms with Gasteiger partial charge < -0.3 is 5.32 Å². The van der Waals surface area contributed by atoms with Crippen LogP contribution in [0.1, 0.15) is 18.4 Å². The van der Waals surface area contributed by atoms with Crippen LogP contribution in [0, 0.1) is 0 Å². The van der Waals surface area contributed by atoms with E-state index in [0.717, 1.165) is 5.56 Å². The summed E-state index contributed by atoms with van der Waals surface area (Å²) in [6.45, 7) is 1.86.